The van der Waals surface area contributed by atoms with E-state index in [0.29, 0.717) is 31.3 Å². The summed E-state index contributed by atoms with van der Waals surface area (Å²) in [6.07, 6.45) is 22.5. The molecule has 7 heteroatoms. The molecule has 4 N–H and O–H groups in total. The zero-order valence-electron chi connectivity index (χ0n) is 26.9. The molecule has 7 unspecified atom stereocenters. The Morgan fingerprint density at radius 2 is 1.12 bits per heavy atom. The minimum atomic E-state index is -0.655. The standard InChI is InChI=1S/C35H64O7/c1-3-4-5-6-7-8-9-10-11-12-13-16-19-31(38)33-23-24-34(42-33)32(39)20-17-14-15-18-29(36)21-22-30(37)26-28-25-27(2)41-35(28)40/h25,27,29-34,36-39H,3-24,26H2,1-2H3. The first-order chi connectivity index (χ1) is 20.3. The molecule has 0 bridgehead atoms. The lowest BCUT2D eigenvalue weighted by Crippen LogP contribution is -2.31. The van der Waals surface area contributed by atoms with Gasteiger partial charge in [0.25, 0.3) is 0 Å². The molecule has 7 nitrogen and oxygen atoms in total. The second-order valence-corrected chi connectivity index (χ2v) is 13.1. The third-order valence-electron chi connectivity index (χ3n) is 9.11. The fourth-order valence-electron chi connectivity index (χ4n) is 6.40. The summed E-state index contributed by atoms with van der Waals surface area (Å²) in [5.74, 6) is -0.353. The molecule has 2 aliphatic rings. The van der Waals surface area contributed by atoms with Gasteiger partial charge < -0.3 is 29.9 Å². The zero-order valence-corrected chi connectivity index (χ0v) is 26.9. The van der Waals surface area contributed by atoms with E-state index in [9.17, 15) is 25.2 Å². The van der Waals surface area contributed by atoms with Gasteiger partial charge in [-0.25, -0.2) is 4.79 Å². The van der Waals surface area contributed by atoms with Crippen LogP contribution in [0.3, 0.4) is 0 Å². The molecule has 0 aromatic rings. The van der Waals surface area contributed by atoms with E-state index in [2.05, 4.69) is 6.92 Å². The van der Waals surface area contributed by atoms with Crippen molar-refractivity contribution < 1.29 is 34.7 Å². The topological polar surface area (TPSA) is 116 Å². The summed E-state index contributed by atoms with van der Waals surface area (Å²) >= 11 is 0. The van der Waals surface area contributed by atoms with E-state index >= 15 is 0 Å². The molecule has 246 valence electrons. The number of ether oxygens (including phenoxy) is 2. The molecule has 0 aliphatic carbocycles. The average Bonchev–Trinajstić information content (AvgIpc) is 3.58. The molecule has 0 saturated carbocycles. The van der Waals surface area contributed by atoms with Crippen LogP contribution in [0.15, 0.2) is 11.6 Å². The summed E-state index contributed by atoms with van der Waals surface area (Å²) in [6, 6.07) is 0. The molecule has 7 atom stereocenters. The lowest BCUT2D eigenvalue weighted by atomic mass is 9.98. The summed E-state index contributed by atoms with van der Waals surface area (Å²) in [5.41, 5.74) is 0.523. The molecular weight excluding hydrogens is 532 g/mol. The highest BCUT2D eigenvalue weighted by molar-refractivity contribution is 5.90. The maximum absolute atomic E-state index is 11.7. The van der Waals surface area contributed by atoms with E-state index in [4.69, 9.17) is 9.47 Å². The molecule has 0 aromatic carbocycles. The monoisotopic (exact) mass is 596 g/mol. The Bertz CT molecular complexity index is 726. The average molecular weight is 597 g/mol. The van der Waals surface area contributed by atoms with Gasteiger partial charge in [0.15, 0.2) is 0 Å². The molecular formula is C35H64O7. The fourth-order valence-corrected chi connectivity index (χ4v) is 6.40. The van der Waals surface area contributed by atoms with Crippen LogP contribution in [0.2, 0.25) is 0 Å². The SMILES string of the molecule is CCCCCCCCCCCCCCC(O)C1CCC(C(O)CCCCCC(O)CCC(O)CC2=CC(C)OC2=O)O1. The molecule has 1 fully saturated rings. The molecule has 1 saturated heterocycles. The van der Waals surface area contributed by atoms with Gasteiger partial charge in [0.1, 0.15) is 6.10 Å². The van der Waals surface area contributed by atoms with Crippen LogP contribution in [0.25, 0.3) is 0 Å². The predicted molar refractivity (Wildman–Crippen MR) is 168 cm³/mol. The van der Waals surface area contributed by atoms with E-state index in [0.717, 1.165) is 44.9 Å². The number of aliphatic hydroxyl groups excluding tert-OH is 4. The second-order valence-electron chi connectivity index (χ2n) is 13.1. The van der Waals surface area contributed by atoms with Crippen LogP contribution in [-0.4, -0.2) is 69.1 Å². The highest BCUT2D eigenvalue weighted by Gasteiger charge is 2.34. The van der Waals surface area contributed by atoms with Gasteiger partial charge in [0.05, 0.1) is 36.6 Å². The summed E-state index contributed by atoms with van der Waals surface area (Å²) < 4.78 is 11.1. The smallest absolute Gasteiger partial charge is 0.334 e. The van der Waals surface area contributed by atoms with Crippen molar-refractivity contribution in [2.45, 2.75) is 204 Å². The van der Waals surface area contributed by atoms with Crippen molar-refractivity contribution in [3.8, 4) is 0 Å². The van der Waals surface area contributed by atoms with Gasteiger partial charge in [-0.15, -0.1) is 0 Å². The number of rotatable bonds is 26. The molecule has 0 spiro atoms. The number of aliphatic hydroxyl groups is 4. The molecule has 42 heavy (non-hydrogen) atoms. The lowest BCUT2D eigenvalue weighted by molar-refractivity contribution is -0.139. The van der Waals surface area contributed by atoms with Crippen LogP contribution in [0.5, 0.6) is 0 Å². The molecule has 2 aliphatic heterocycles. The molecule has 2 rings (SSSR count). The van der Waals surface area contributed by atoms with Crippen molar-refractivity contribution in [1.29, 1.82) is 0 Å². The maximum atomic E-state index is 11.7. The minimum Gasteiger partial charge on any atom is -0.455 e. The van der Waals surface area contributed by atoms with Crippen molar-refractivity contribution in [3.63, 3.8) is 0 Å². The first-order valence-corrected chi connectivity index (χ1v) is 17.6. The summed E-state index contributed by atoms with van der Waals surface area (Å²) in [5, 5.41) is 41.7. The number of esters is 1. The quantitative estimate of drug-likeness (QED) is 0.0624. The van der Waals surface area contributed by atoms with Crippen LogP contribution in [0.4, 0.5) is 0 Å². The van der Waals surface area contributed by atoms with E-state index < -0.39 is 24.4 Å². The van der Waals surface area contributed by atoms with Gasteiger partial charge >= 0.3 is 5.97 Å². The first-order valence-electron chi connectivity index (χ1n) is 17.6. The van der Waals surface area contributed by atoms with Crippen LogP contribution in [0.1, 0.15) is 162 Å². The van der Waals surface area contributed by atoms with Gasteiger partial charge in [-0.3, -0.25) is 0 Å². The summed E-state index contributed by atoms with van der Waals surface area (Å²) in [7, 11) is 0. The van der Waals surface area contributed by atoms with Gasteiger partial charge in [-0.2, -0.15) is 0 Å². The Morgan fingerprint density at radius 1 is 0.667 bits per heavy atom. The lowest BCUT2D eigenvalue weighted by Gasteiger charge is -2.22. The van der Waals surface area contributed by atoms with E-state index in [1.165, 1.54) is 70.6 Å². The first kappa shape index (κ1) is 37.2. The van der Waals surface area contributed by atoms with Crippen LogP contribution < -0.4 is 0 Å². The normalized spacial score (nSPS) is 23.5. The van der Waals surface area contributed by atoms with E-state index in [-0.39, 0.29) is 30.7 Å². The van der Waals surface area contributed by atoms with Crippen molar-refractivity contribution >= 4 is 5.97 Å². The van der Waals surface area contributed by atoms with Crippen LogP contribution >= 0.6 is 0 Å². The summed E-state index contributed by atoms with van der Waals surface area (Å²) in [6.45, 7) is 4.06. The third-order valence-corrected chi connectivity index (χ3v) is 9.11. The van der Waals surface area contributed by atoms with E-state index in [1.807, 2.05) is 0 Å². The Balaban J connectivity index is 1.42. The van der Waals surface area contributed by atoms with Crippen molar-refractivity contribution in [1.82, 2.24) is 0 Å². The predicted octanol–water partition coefficient (Wildman–Crippen LogP) is 7.06. The number of carbonyl (C=O) groups excluding carboxylic acids is 1. The Hall–Kier alpha value is -0.990. The van der Waals surface area contributed by atoms with Crippen LogP contribution in [0, 0.1) is 0 Å². The molecule has 2 heterocycles. The largest absolute Gasteiger partial charge is 0.455 e. The molecule has 0 amide bonds. The number of hydrogen-bond donors (Lipinski definition) is 4. The highest BCUT2D eigenvalue weighted by atomic mass is 16.5. The number of hydrogen-bond acceptors (Lipinski definition) is 7. The highest BCUT2D eigenvalue weighted by Crippen LogP contribution is 2.28. The Kier molecular flexibility index (Phi) is 19.9. The summed E-state index contributed by atoms with van der Waals surface area (Å²) in [4.78, 5) is 11.7. The number of cyclic esters (lactones) is 1. The van der Waals surface area contributed by atoms with Crippen molar-refractivity contribution in [3.05, 3.63) is 11.6 Å². The third kappa shape index (κ3) is 16.2. The minimum absolute atomic E-state index is 0.151. The van der Waals surface area contributed by atoms with Crippen molar-refractivity contribution in [2.75, 3.05) is 0 Å². The van der Waals surface area contributed by atoms with Gasteiger partial charge in [-0.05, 0) is 57.9 Å². The van der Waals surface area contributed by atoms with Gasteiger partial charge in [0, 0.05) is 12.0 Å². The number of carbonyl (C=O) groups is 1. The molecule has 0 radical (unpaired) electrons. The van der Waals surface area contributed by atoms with Gasteiger partial charge in [-0.1, -0.05) is 103 Å². The molecule has 0 aromatic heterocycles. The Labute approximate surface area is 256 Å². The number of unbranched alkanes of at least 4 members (excludes halogenated alkanes) is 13. The van der Waals surface area contributed by atoms with Crippen LogP contribution in [-0.2, 0) is 14.3 Å². The zero-order chi connectivity index (χ0) is 30.6. The van der Waals surface area contributed by atoms with E-state index in [1.54, 1.807) is 13.0 Å². The van der Waals surface area contributed by atoms with Crippen molar-refractivity contribution in [2.24, 2.45) is 0 Å². The Morgan fingerprint density at radius 3 is 1.62 bits per heavy atom. The maximum Gasteiger partial charge on any atom is 0.334 e. The van der Waals surface area contributed by atoms with Gasteiger partial charge in [0.2, 0.25) is 0 Å². The fraction of sp³-hybridized carbons (Fsp3) is 0.914. The second kappa shape index (κ2) is 22.5.